The summed E-state index contributed by atoms with van der Waals surface area (Å²) < 4.78 is 20.5. The average Bonchev–Trinajstić information content (AvgIpc) is 2.72. The van der Waals surface area contributed by atoms with Gasteiger partial charge in [0.15, 0.2) is 0 Å². The van der Waals surface area contributed by atoms with E-state index in [9.17, 15) is 9.18 Å². The van der Waals surface area contributed by atoms with Crippen LogP contribution in [0.3, 0.4) is 0 Å². The van der Waals surface area contributed by atoms with E-state index < -0.39 is 22.9 Å². The summed E-state index contributed by atoms with van der Waals surface area (Å²) in [6, 6.07) is 7.45. The Morgan fingerprint density at radius 2 is 2.04 bits per heavy atom. The van der Waals surface area contributed by atoms with Crippen molar-refractivity contribution in [2.75, 3.05) is 11.9 Å². The molecule has 0 saturated carbocycles. The maximum atomic E-state index is 14.7. The van der Waals surface area contributed by atoms with E-state index in [1.165, 1.54) is 24.4 Å². The van der Waals surface area contributed by atoms with Crippen LogP contribution in [0.15, 0.2) is 41.5 Å². The molecule has 1 aromatic carbocycles. The second-order valence-corrected chi connectivity index (χ2v) is 8.05. The highest BCUT2D eigenvalue weighted by Gasteiger charge is 2.39. The van der Waals surface area contributed by atoms with Gasteiger partial charge in [-0.25, -0.2) is 9.37 Å². The van der Waals surface area contributed by atoms with Crippen LogP contribution in [0.25, 0.3) is 0 Å². The predicted molar refractivity (Wildman–Crippen MR) is 107 cm³/mol. The quantitative estimate of drug-likeness (QED) is 0.811. The molecule has 1 aromatic heterocycles. The fraction of sp³-hybridized carbons (Fsp3) is 0.350. The van der Waals surface area contributed by atoms with Gasteiger partial charge in [-0.05, 0) is 51.1 Å². The lowest BCUT2D eigenvalue weighted by Gasteiger charge is -2.33. The molecule has 3 rings (SSSR count). The molecule has 1 unspecified atom stereocenters. The number of halogens is 2. The molecule has 0 bridgehead atoms. The van der Waals surface area contributed by atoms with Gasteiger partial charge in [0.2, 0.25) is 0 Å². The zero-order valence-corrected chi connectivity index (χ0v) is 16.7. The predicted octanol–water partition coefficient (Wildman–Crippen LogP) is 3.90. The lowest BCUT2D eigenvalue weighted by molar-refractivity contribution is -0.0105. The van der Waals surface area contributed by atoms with Crippen LogP contribution in [0.2, 0.25) is 5.02 Å². The average molecular weight is 405 g/mol. The Morgan fingerprint density at radius 3 is 2.71 bits per heavy atom. The summed E-state index contributed by atoms with van der Waals surface area (Å²) in [6.07, 6.45) is 1.81. The highest BCUT2D eigenvalue weighted by molar-refractivity contribution is 6.30. The van der Waals surface area contributed by atoms with Gasteiger partial charge in [-0.3, -0.25) is 9.79 Å². The summed E-state index contributed by atoms with van der Waals surface area (Å²) in [4.78, 5) is 20.9. The summed E-state index contributed by atoms with van der Waals surface area (Å²) in [5, 5.41) is 3.16. The third kappa shape index (κ3) is 4.48. The van der Waals surface area contributed by atoms with Crippen LogP contribution < -0.4 is 11.1 Å². The second-order valence-electron chi connectivity index (χ2n) is 7.61. The summed E-state index contributed by atoms with van der Waals surface area (Å²) in [5.74, 6) is -0.557. The maximum Gasteiger partial charge on any atom is 0.274 e. The van der Waals surface area contributed by atoms with Crippen LogP contribution >= 0.6 is 11.6 Å². The number of carbonyl (C=O) groups is 1. The number of nitrogens with one attached hydrogen (secondary N) is 1. The first kappa shape index (κ1) is 20.2. The first-order valence-corrected chi connectivity index (χ1v) is 9.17. The van der Waals surface area contributed by atoms with Crippen LogP contribution in [-0.4, -0.2) is 28.9 Å². The summed E-state index contributed by atoms with van der Waals surface area (Å²) in [5.41, 5.74) is 5.42. The van der Waals surface area contributed by atoms with Crippen molar-refractivity contribution in [1.29, 1.82) is 0 Å². The molecule has 1 amide bonds. The minimum absolute atomic E-state index is 0.183. The van der Waals surface area contributed by atoms with Crippen LogP contribution in [0.5, 0.6) is 0 Å². The lowest BCUT2D eigenvalue weighted by atomic mass is 9.82. The number of benzene rings is 1. The molecule has 2 aromatic rings. The zero-order valence-electron chi connectivity index (χ0n) is 15.9. The van der Waals surface area contributed by atoms with Gasteiger partial charge in [0, 0.05) is 23.9 Å². The molecule has 1 atom stereocenters. The molecule has 6 nitrogen and oxygen atoms in total. The van der Waals surface area contributed by atoms with Gasteiger partial charge in [-0.1, -0.05) is 11.6 Å². The Morgan fingerprint density at radius 1 is 1.29 bits per heavy atom. The van der Waals surface area contributed by atoms with Crippen molar-refractivity contribution in [3.63, 3.8) is 0 Å². The van der Waals surface area contributed by atoms with Gasteiger partial charge in [-0.2, -0.15) is 0 Å². The molecule has 28 heavy (non-hydrogen) atoms. The van der Waals surface area contributed by atoms with E-state index >= 15 is 0 Å². The molecule has 148 valence electrons. The Labute approximate surface area is 168 Å². The van der Waals surface area contributed by atoms with Gasteiger partial charge >= 0.3 is 0 Å². The molecule has 0 radical (unpaired) electrons. The number of pyridine rings is 1. The van der Waals surface area contributed by atoms with E-state index in [0.717, 1.165) is 0 Å². The fourth-order valence-corrected chi connectivity index (χ4v) is 3.53. The number of aliphatic imine (C=N–C) groups is 1. The highest BCUT2D eigenvalue weighted by atomic mass is 35.5. The smallest absolute Gasteiger partial charge is 0.274 e. The number of ether oxygens (including phenoxy) is 1. The summed E-state index contributed by atoms with van der Waals surface area (Å²) in [7, 11) is 0. The molecule has 1 aliphatic rings. The van der Waals surface area contributed by atoms with Crippen molar-refractivity contribution in [1.82, 2.24) is 4.98 Å². The van der Waals surface area contributed by atoms with E-state index in [-0.39, 0.29) is 12.3 Å². The van der Waals surface area contributed by atoms with E-state index in [1.54, 1.807) is 19.1 Å². The van der Waals surface area contributed by atoms with E-state index in [4.69, 9.17) is 22.1 Å². The Bertz CT molecular complexity index is 930. The van der Waals surface area contributed by atoms with Crippen LogP contribution in [0.1, 0.15) is 43.2 Å². The number of hydrogen-bond acceptors (Lipinski definition) is 5. The number of hydrogen-bond donors (Lipinski definition) is 2. The molecular formula is C20H22ClFN4O2. The number of nitrogens with zero attached hydrogens (tertiary/aromatic N) is 2. The van der Waals surface area contributed by atoms with Crippen molar-refractivity contribution in [3.8, 4) is 0 Å². The van der Waals surface area contributed by atoms with E-state index in [0.29, 0.717) is 28.5 Å². The largest absolute Gasteiger partial charge is 0.386 e. The topological polar surface area (TPSA) is 89.6 Å². The van der Waals surface area contributed by atoms with Crippen molar-refractivity contribution >= 4 is 29.0 Å². The van der Waals surface area contributed by atoms with Gasteiger partial charge in [0.1, 0.15) is 24.0 Å². The number of nitrogens with two attached hydrogens (primary N) is 1. The third-order valence-corrected chi connectivity index (χ3v) is 4.76. The standard InChI is InChI=1S/C20H22ClFN4O2/c1-19(2)11-20(3,26-17(23)10-28-19)14-8-13(5-6-15(14)22)25-18(27)16-7-4-12(21)9-24-16/h4-9H,10-11H2,1-3H3,(H2,23,26)(H,25,27). The lowest BCUT2D eigenvalue weighted by Crippen LogP contribution is -2.33. The minimum Gasteiger partial charge on any atom is -0.386 e. The summed E-state index contributed by atoms with van der Waals surface area (Å²) in [6.45, 7) is 5.81. The van der Waals surface area contributed by atoms with Crippen molar-refractivity contribution in [3.05, 3.63) is 58.6 Å². The first-order valence-electron chi connectivity index (χ1n) is 8.79. The molecule has 3 N–H and O–H groups in total. The van der Waals surface area contributed by atoms with Gasteiger partial charge < -0.3 is 15.8 Å². The SMILES string of the molecule is CC1(C)CC(C)(c2cc(NC(=O)c3ccc(Cl)cn3)ccc2F)N=C(N)CO1. The molecule has 0 fully saturated rings. The van der Waals surface area contributed by atoms with Crippen molar-refractivity contribution in [2.45, 2.75) is 38.3 Å². The molecule has 0 spiro atoms. The number of amides is 1. The molecule has 2 heterocycles. The van der Waals surface area contributed by atoms with Crippen molar-refractivity contribution < 1.29 is 13.9 Å². The normalized spacial score (nSPS) is 21.5. The van der Waals surface area contributed by atoms with Gasteiger partial charge in [0.05, 0.1) is 16.2 Å². The molecule has 0 aliphatic carbocycles. The number of carbonyl (C=O) groups excluding carboxylic acids is 1. The molecule has 8 heteroatoms. The van der Waals surface area contributed by atoms with E-state index in [2.05, 4.69) is 15.3 Å². The zero-order chi connectivity index (χ0) is 20.5. The Hall–Kier alpha value is -2.51. The van der Waals surface area contributed by atoms with Crippen LogP contribution in [0, 0.1) is 5.82 Å². The number of amidine groups is 1. The fourth-order valence-electron chi connectivity index (χ4n) is 3.41. The monoisotopic (exact) mass is 404 g/mol. The molecular weight excluding hydrogens is 383 g/mol. The highest BCUT2D eigenvalue weighted by Crippen LogP contribution is 2.39. The molecule has 0 saturated heterocycles. The van der Waals surface area contributed by atoms with Crippen LogP contribution in [0.4, 0.5) is 10.1 Å². The molecule has 1 aliphatic heterocycles. The van der Waals surface area contributed by atoms with Crippen molar-refractivity contribution in [2.24, 2.45) is 10.7 Å². The first-order chi connectivity index (χ1) is 13.1. The Balaban J connectivity index is 1.93. The number of anilines is 1. The minimum atomic E-state index is -0.937. The maximum absolute atomic E-state index is 14.7. The Kier molecular flexibility index (Phi) is 5.41. The number of rotatable bonds is 3. The third-order valence-electron chi connectivity index (χ3n) is 4.54. The van der Waals surface area contributed by atoms with E-state index in [1.807, 2.05) is 13.8 Å². The van der Waals surface area contributed by atoms with Crippen LogP contribution in [-0.2, 0) is 10.3 Å². The number of aromatic nitrogens is 1. The second kappa shape index (κ2) is 7.48. The van der Waals surface area contributed by atoms with Gasteiger partial charge in [0.25, 0.3) is 5.91 Å². The summed E-state index contributed by atoms with van der Waals surface area (Å²) >= 11 is 5.80. The van der Waals surface area contributed by atoms with Gasteiger partial charge in [-0.15, -0.1) is 0 Å².